The van der Waals surface area contributed by atoms with Crippen molar-refractivity contribution < 1.29 is 14.7 Å². The van der Waals surface area contributed by atoms with E-state index in [1.54, 1.807) is 4.90 Å². The summed E-state index contributed by atoms with van der Waals surface area (Å²) in [5, 5.41) is 11.8. The molecule has 2 N–H and O–H groups in total. The third-order valence-electron chi connectivity index (χ3n) is 3.52. The van der Waals surface area contributed by atoms with Gasteiger partial charge in [0.25, 0.3) is 0 Å². The normalized spacial score (nSPS) is 22.3. The van der Waals surface area contributed by atoms with Crippen LogP contribution < -0.4 is 5.32 Å². The molecule has 1 aromatic rings. The Bertz CT molecular complexity index is 484. The number of amides is 2. The quantitative estimate of drug-likeness (QED) is 0.858. The van der Waals surface area contributed by atoms with Crippen LogP contribution >= 0.6 is 0 Å². The van der Waals surface area contributed by atoms with Crippen molar-refractivity contribution in [3.63, 3.8) is 0 Å². The molecule has 0 aliphatic carbocycles. The van der Waals surface area contributed by atoms with E-state index >= 15 is 0 Å². The molecule has 102 valence electrons. The largest absolute Gasteiger partial charge is 0.481 e. The third-order valence-corrected chi connectivity index (χ3v) is 3.52. The van der Waals surface area contributed by atoms with Gasteiger partial charge in [0.05, 0.1) is 5.92 Å². The van der Waals surface area contributed by atoms with Crippen LogP contribution in [0.3, 0.4) is 0 Å². The predicted molar refractivity (Wildman–Crippen MR) is 72.1 cm³/mol. The summed E-state index contributed by atoms with van der Waals surface area (Å²) in [4.78, 5) is 24.6. The number of carbonyl (C=O) groups excluding carboxylic acids is 1. The number of anilines is 1. The zero-order valence-electron chi connectivity index (χ0n) is 11.1. The lowest BCUT2D eigenvalue weighted by Crippen LogP contribution is -2.33. The molecular weight excluding hydrogens is 244 g/mol. The molecule has 0 saturated carbocycles. The van der Waals surface area contributed by atoms with Gasteiger partial charge in [0.15, 0.2) is 0 Å². The number of nitrogens with zero attached hydrogens (tertiary/aromatic N) is 1. The molecule has 19 heavy (non-hydrogen) atoms. The molecule has 0 spiro atoms. The minimum atomic E-state index is -0.835. The van der Waals surface area contributed by atoms with E-state index < -0.39 is 11.9 Å². The minimum Gasteiger partial charge on any atom is -0.481 e. The van der Waals surface area contributed by atoms with Crippen molar-refractivity contribution >= 4 is 17.7 Å². The SMILES string of the molecule is Cc1ccc(NC(=O)N2CC(C)C(C(=O)O)C2)cc1. The first-order valence-corrected chi connectivity index (χ1v) is 6.33. The number of aryl methyl sites for hydroxylation is 1. The van der Waals surface area contributed by atoms with Gasteiger partial charge in [-0.2, -0.15) is 0 Å². The number of urea groups is 1. The van der Waals surface area contributed by atoms with Crippen LogP contribution in [0.5, 0.6) is 0 Å². The van der Waals surface area contributed by atoms with Crippen molar-refractivity contribution in [3.8, 4) is 0 Å². The van der Waals surface area contributed by atoms with Gasteiger partial charge in [-0.15, -0.1) is 0 Å². The number of rotatable bonds is 2. The molecule has 1 aliphatic heterocycles. The van der Waals surface area contributed by atoms with E-state index in [2.05, 4.69) is 5.32 Å². The van der Waals surface area contributed by atoms with Gasteiger partial charge in [0.1, 0.15) is 0 Å². The molecule has 2 amide bonds. The molecule has 5 nitrogen and oxygen atoms in total. The van der Waals surface area contributed by atoms with Gasteiger partial charge in [-0.1, -0.05) is 24.6 Å². The lowest BCUT2D eigenvalue weighted by Gasteiger charge is -2.16. The van der Waals surface area contributed by atoms with Crippen LogP contribution in [0.1, 0.15) is 12.5 Å². The monoisotopic (exact) mass is 262 g/mol. The van der Waals surface area contributed by atoms with Gasteiger partial charge in [-0.25, -0.2) is 4.79 Å². The lowest BCUT2D eigenvalue weighted by molar-refractivity contribution is -0.142. The maximum atomic E-state index is 12.0. The molecular formula is C14H18N2O3. The Balaban J connectivity index is 1.98. The zero-order chi connectivity index (χ0) is 14.0. The minimum absolute atomic E-state index is 0.0127. The average molecular weight is 262 g/mol. The second-order valence-electron chi connectivity index (χ2n) is 5.12. The van der Waals surface area contributed by atoms with E-state index in [9.17, 15) is 9.59 Å². The molecule has 1 fully saturated rings. The number of hydrogen-bond acceptors (Lipinski definition) is 2. The molecule has 1 heterocycles. The number of carbonyl (C=O) groups is 2. The van der Waals surface area contributed by atoms with Crippen molar-refractivity contribution in [2.24, 2.45) is 11.8 Å². The summed E-state index contributed by atoms with van der Waals surface area (Å²) in [5.74, 6) is -1.32. The highest BCUT2D eigenvalue weighted by Gasteiger charge is 2.36. The summed E-state index contributed by atoms with van der Waals surface area (Å²) in [7, 11) is 0. The second kappa shape index (κ2) is 5.30. The van der Waals surface area contributed by atoms with Crippen LogP contribution in [0.15, 0.2) is 24.3 Å². The van der Waals surface area contributed by atoms with Crippen LogP contribution in [0.2, 0.25) is 0 Å². The summed E-state index contributed by atoms with van der Waals surface area (Å²) in [6.07, 6.45) is 0. The van der Waals surface area contributed by atoms with Crippen molar-refractivity contribution in [3.05, 3.63) is 29.8 Å². The molecule has 0 aromatic heterocycles. The Labute approximate surface area is 112 Å². The summed E-state index contributed by atoms with van der Waals surface area (Å²) >= 11 is 0. The fourth-order valence-electron chi connectivity index (χ4n) is 2.29. The summed E-state index contributed by atoms with van der Waals surface area (Å²) in [6, 6.07) is 7.27. The van der Waals surface area contributed by atoms with Crippen LogP contribution in [0, 0.1) is 18.8 Å². The summed E-state index contributed by atoms with van der Waals surface area (Å²) in [5.41, 5.74) is 1.85. The standard InChI is InChI=1S/C14H18N2O3/c1-9-3-5-11(6-4-9)15-14(19)16-7-10(2)12(8-16)13(17)18/h3-6,10,12H,7-8H2,1-2H3,(H,15,19)(H,17,18). The van der Waals surface area contributed by atoms with Crippen LogP contribution in [0.25, 0.3) is 0 Å². The van der Waals surface area contributed by atoms with Gasteiger partial charge in [0, 0.05) is 18.8 Å². The molecule has 0 radical (unpaired) electrons. The second-order valence-corrected chi connectivity index (χ2v) is 5.12. The van der Waals surface area contributed by atoms with Gasteiger partial charge < -0.3 is 15.3 Å². The van der Waals surface area contributed by atoms with E-state index in [0.717, 1.165) is 11.3 Å². The van der Waals surface area contributed by atoms with E-state index in [1.165, 1.54) is 0 Å². The van der Waals surface area contributed by atoms with E-state index in [-0.39, 0.29) is 18.5 Å². The van der Waals surface area contributed by atoms with E-state index in [1.807, 2.05) is 38.1 Å². The molecule has 1 aromatic carbocycles. The number of carboxylic acids is 1. The molecule has 2 rings (SSSR count). The number of hydrogen-bond donors (Lipinski definition) is 2. The highest BCUT2D eigenvalue weighted by atomic mass is 16.4. The maximum absolute atomic E-state index is 12.0. The van der Waals surface area contributed by atoms with Crippen molar-refractivity contribution in [1.29, 1.82) is 0 Å². The molecule has 0 bridgehead atoms. The fraction of sp³-hybridized carbons (Fsp3) is 0.429. The molecule has 1 saturated heterocycles. The predicted octanol–water partition coefficient (Wildman–Crippen LogP) is 2.18. The number of aliphatic carboxylic acids is 1. The maximum Gasteiger partial charge on any atom is 0.321 e. The topological polar surface area (TPSA) is 69.6 Å². The van der Waals surface area contributed by atoms with Crippen molar-refractivity contribution in [1.82, 2.24) is 4.90 Å². The molecule has 1 aliphatic rings. The summed E-state index contributed by atoms with van der Waals surface area (Å²) in [6.45, 7) is 4.59. The Morgan fingerprint density at radius 3 is 2.42 bits per heavy atom. The molecule has 2 unspecified atom stereocenters. The third kappa shape index (κ3) is 3.05. The number of nitrogens with one attached hydrogen (secondary N) is 1. The summed E-state index contributed by atoms with van der Waals surface area (Å²) < 4.78 is 0. The first-order valence-electron chi connectivity index (χ1n) is 6.33. The molecule has 2 atom stereocenters. The van der Waals surface area contributed by atoms with Gasteiger partial charge in [0.2, 0.25) is 0 Å². The fourth-order valence-corrected chi connectivity index (χ4v) is 2.29. The number of likely N-dealkylation sites (tertiary alicyclic amines) is 1. The van der Waals surface area contributed by atoms with Crippen LogP contribution in [-0.4, -0.2) is 35.1 Å². The highest BCUT2D eigenvalue weighted by Crippen LogP contribution is 2.23. The Morgan fingerprint density at radius 2 is 1.89 bits per heavy atom. The van der Waals surface area contributed by atoms with Gasteiger partial charge in [-0.3, -0.25) is 4.79 Å². The Hall–Kier alpha value is -2.04. The smallest absolute Gasteiger partial charge is 0.321 e. The Kier molecular flexibility index (Phi) is 3.74. The van der Waals surface area contributed by atoms with Crippen molar-refractivity contribution in [2.75, 3.05) is 18.4 Å². The number of benzene rings is 1. The van der Waals surface area contributed by atoms with Crippen LogP contribution in [0.4, 0.5) is 10.5 Å². The van der Waals surface area contributed by atoms with Gasteiger partial charge in [-0.05, 0) is 25.0 Å². The van der Waals surface area contributed by atoms with E-state index in [4.69, 9.17) is 5.11 Å². The zero-order valence-corrected chi connectivity index (χ0v) is 11.1. The lowest BCUT2D eigenvalue weighted by atomic mass is 9.99. The average Bonchev–Trinajstić information content (AvgIpc) is 2.74. The van der Waals surface area contributed by atoms with Crippen molar-refractivity contribution in [2.45, 2.75) is 13.8 Å². The van der Waals surface area contributed by atoms with Crippen LogP contribution in [-0.2, 0) is 4.79 Å². The molecule has 5 heteroatoms. The Morgan fingerprint density at radius 1 is 1.26 bits per heavy atom. The first-order chi connectivity index (χ1) is 8.97. The number of carboxylic acid groups (broad SMARTS) is 1. The first kappa shape index (κ1) is 13.4. The van der Waals surface area contributed by atoms with E-state index in [0.29, 0.717) is 6.54 Å². The van der Waals surface area contributed by atoms with Gasteiger partial charge >= 0.3 is 12.0 Å². The highest BCUT2D eigenvalue weighted by molar-refractivity contribution is 5.90.